The lowest BCUT2D eigenvalue weighted by molar-refractivity contribution is -0.121. The molecule has 5 nitrogen and oxygen atoms in total. The molecule has 0 atom stereocenters. The molecule has 0 spiro atoms. The van der Waals surface area contributed by atoms with Crippen molar-refractivity contribution in [1.29, 1.82) is 0 Å². The molecule has 3 heterocycles. The summed E-state index contributed by atoms with van der Waals surface area (Å²) in [6.07, 6.45) is 8.32. The molecule has 6 heteroatoms. The second kappa shape index (κ2) is 7.00. The zero-order valence-corrected chi connectivity index (χ0v) is 12.8. The third-order valence-electron chi connectivity index (χ3n) is 3.29. The lowest BCUT2D eigenvalue weighted by atomic mass is 10.2. The van der Waals surface area contributed by atoms with Crippen molar-refractivity contribution in [2.45, 2.75) is 19.4 Å². The van der Waals surface area contributed by atoms with E-state index in [1.807, 2.05) is 28.3 Å². The van der Waals surface area contributed by atoms with Gasteiger partial charge in [-0.15, -0.1) is 0 Å². The number of rotatable bonds is 6. The fourth-order valence-corrected chi connectivity index (χ4v) is 2.75. The number of aryl methyl sites for hydroxylation is 1. The van der Waals surface area contributed by atoms with Gasteiger partial charge in [-0.1, -0.05) is 6.07 Å². The molecule has 0 bridgehead atoms. The highest BCUT2D eigenvalue weighted by Crippen LogP contribution is 2.08. The van der Waals surface area contributed by atoms with E-state index in [1.54, 1.807) is 30.1 Å². The van der Waals surface area contributed by atoms with E-state index in [2.05, 4.69) is 26.7 Å². The second-order valence-electron chi connectivity index (χ2n) is 4.90. The van der Waals surface area contributed by atoms with Crippen LogP contribution in [-0.4, -0.2) is 20.4 Å². The number of nitrogens with one attached hydrogen (secondary N) is 1. The molecule has 3 aromatic rings. The SMILES string of the molecule is O=C(CCc1ccsc1)NCc1ccc(-n2ccnc2)nc1. The fraction of sp³-hybridized carbons (Fsp3) is 0.188. The second-order valence-corrected chi connectivity index (χ2v) is 5.68. The van der Waals surface area contributed by atoms with Crippen LogP contribution in [0.15, 0.2) is 53.9 Å². The standard InChI is InChI=1S/C16H16N4OS/c21-16(4-2-13-5-8-22-11-13)19-10-14-1-3-15(18-9-14)20-7-6-17-12-20/h1,3,5-9,11-12H,2,4,10H2,(H,19,21). The number of aromatic nitrogens is 3. The summed E-state index contributed by atoms with van der Waals surface area (Å²) in [7, 11) is 0. The molecule has 0 aliphatic rings. The maximum absolute atomic E-state index is 11.8. The quantitative estimate of drug-likeness (QED) is 0.761. The third-order valence-corrected chi connectivity index (χ3v) is 4.02. The Bertz CT molecular complexity index is 705. The zero-order chi connectivity index (χ0) is 15.2. The minimum Gasteiger partial charge on any atom is -0.352 e. The highest BCUT2D eigenvalue weighted by Gasteiger charge is 2.03. The van der Waals surface area contributed by atoms with Gasteiger partial charge < -0.3 is 5.32 Å². The number of amides is 1. The van der Waals surface area contributed by atoms with E-state index in [0.717, 1.165) is 17.8 Å². The van der Waals surface area contributed by atoms with Crippen molar-refractivity contribution in [3.05, 3.63) is 65.0 Å². The molecule has 22 heavy (non-hydrogen) atoms. The van der Waals surface area contributed by atoms with Gasteiger partial charge in [0.15, 0.2) is 0 Å². The van der Waals surface area contributed by atoms with Gasteiger partial charge in [0.1, 0.15) is 12.1 Å². The normalized spacial score (nSPS) is 10.5. The van der Waals surface area contributed by atoms with Gasteiger partial charge in [0.2, 0.25) is 5.91 Å². The van der Waals surface area contributed by atoms with E-state index in [4.69, 9.17) is 0 Å². The first-order chi connectivity index (χ1) is 10.8. The molecule has 0 fully saturated rings. The average Bonchev–Trinajstić information content (AvgIpc) is 3.24. The molecule has 0 saturated carbocycles. The summed E-state index contributed by atoms with van der Waals surface area (Å²) in [6, 6.07) is 5.92. The van der Waals surface area contributed by atoms with E-state index in [9.17, 15) is 4.79 Å². The molecule has 0 aliphatic carbocycles. The Morgan fingerprint density at radius 3 is 2.91 bits per heavy atom. The molecule has 0 unspecified atom stereocenters. The Balaban J connectivity index is 1.48. The van der Waals surface area contributed by atoms with Crippen molar-refractivity contribution in [2.75, 3.05) is 0 Å². The summed E-state index contributed by atoms with van der Waals surface area (Å²) in [5.41, 5.74) is 2.19. The van der Waals surface area contributed by atoms with Crippen molar-refractivity contribution < 1.29 is 4.79 Å². The molecule has 1 amide bonds. The van der Waals surface area contributed by atoms with Crippen molar-refractivity contribution in [3.63, 3.8) is 0 Å². The number of thiophene rings is 1. The van der Waals surface area contributed by atoms with Crippen LogP contribution in [0.25, 0.3) is 5.82 Å². The summed E-state index contributed by atoms with van der Waals surface area (Å²) < 4.78 is 1.84. The maximum atomic E-state index is 11.8. The van der Waals surface area contributed by atoms with Crippen molar-refractivity contribution >= 4 is 17.2 Å². The number of nitrogens with zero attached hydrogens (tertiary/aromatic N) is 3. The van der Waals surface area contributed by atoms with Crippen LogP contribution in [0.5, 0.6) is 0 Å². The summed E-state index contributed by atoms with van der Waals surface area (Å²) in [4.78, 5) is 20.2. The summed E-state index contributed by atoms with van der Waals surface area (Å²) in [6.45, 7) is 0.500. The van der Waals surface area contributed by atoms with Crippen LogP contribution in [-0.2, 0) is 17.8 Å². The predicted octanol–water partition coefficient (Wildman–Crippen LogP) is 2.58. The molecular formula is C16H16N4OS. The minimum atomic E-state index is 0.0601. The van der Waals surface area contributed by atoms with Crippen LogP contribution in [0.1, 0.15) is 17.5 Å². The predicted molar refractivity (Wildman–Crippen MR) is 85.8 cm³/mol. The molecule has 3 aromatic heterocycles. The minimum absolute atomic E-state index is 0.0601. The third kappa shape index (κ3) is 3.79. The number of hydrogen-bond acceptors (Lipinski definition) is 4. The molecule has 3 rings (SSSR count). The zero-order valence-electron chi connectivity index (χ0n) is 12.0. The Labute approximate surface area is 132 Å². The molecule has 112 valence electrons. The summed E-state index contributed by atoms with van der Waals surface area (Å²) >= 11 is 1.66. The van der Waals surface area contributed by atoms with Crippen LogP contribution in [0.3, 0.4) is 0 Å². The molecule has 0 aromatic carbocycles. The molecule has 0 radical (unpaired) electrons. The summed E-state index contributed by atoms with van der Waals surface area (Å²) in [5, 5.41) is 7.02. The monoisotopic (exact) mass is 312 g/mol. The van der Waals surface area contributed by atoms with Crippen LogP contribution in [0, 0.1) is 0 Å². The first kappa shape index (κ1) is 14.5. The lowest BCUT2D eigenvalue weighted by Gasteiger charge is -2.06. The van der Waals surface area contributed by atoms with E-state index in [-0.39, 0.29) is 5.91 Å². The van der Waals surface area contributed by atoms with Gasteiger partial charge in [0.05, 0.1) is 0 Å². The fourth-order valence-electron chi connectivity index (χ4n) is 2.05. The number of hydrogen-bond donors (Lipinski definition) is 1. The van der Waals surface area contributed by atoms with Crippen molar-refractivity contribution in [2.24, 2.45) is 0 Å². The first-order valence-electron chi connectivity index (χ1n) is 7.02. The molecular weight excluding hydrogens is 296 g/mol. The molecule has 0 aliphatic heterocycles. The van der Waals surface area contributed by atoms with Gasteiger partial charge >= 0.3 is 0 Å². The topological polar surface area (TPSA) is 59.8 Å². The molecule has 1 N–H and O–H groups in total. The average molecular weight is 312 g/mol. The molecule has 0 saturated heterocycles. The van der Waals surface area contributed by atoms with E-state index < -0.39 is 0 Å². The van der Waals surface area contributed by atoms with Crippen LogP contribution in [0.4, 0.5) is 0 Å². The number of imidazole rings is 1. The first-order valence-corrected chi connectivity index (χ1v) is 7.96. The number of carbonyl (C=O) groups excluding carboxylic acids is 1. The van der Waals surface area contributed by atoms with Gasteiger partial charge in [-0.3, -0.25) is 9.36 Å². The van der Waals surface area contributed by atoms with Crippen LogP contribution in [0.2, 0.25) is 0 Å². The van der Waals surface area contributed by atoms with Gasteiger partial charge in [-0.05, 0) is 40.4 Å². The number of carbonyl (C=O) groups is 1. The van der Waals surface area contributed by atoms with Crippen molar-refractivity contribution in [3.8, 4) is 5.82 Å². The largest absolute Gasteiger partial charge is 0.352 e. The Morgan fingerprint density at radius 1 is 1.27 bits per heavy atom. The Kier molecular flexibility index (Phi) is 4.60. The highest BCUT2D eigenvalue weighted by atomic mass is 32.1. The number of pyridine rings is 1. The van der Waals surface area contributed by atoms with Gasteiger partial charge in [-0.2, -0.15) is 11.3 Å². The summed E-state index contributed by atoms with van der Waals surface area (Å²) in [5.74, 6) is 0.870. The maximum Gasteiger partial charge on any atom is 0.220 e. The Morgan fingerprint density at radius 2 is 2.23 bits per heavy atom. The van der Waals surface area contributed by atoms with Gasteiger partial charge in [0.25, 0.3) is 0 Å². The van der Waals surface area contributed by atoms with Crippen molar-refractivity contribution in [1.82, 2.24) is 19.9 Å². The van der Waals surface area contributed by atoms with E-state index in [0.29, 0.717) is 13.0 Å². The van der Waals surface area contributed by atoms with Gasteiger partial charge in [-0.25, -0.2) is 9.97 Å². The van der Waals surface area contributed by atoms with E-state index >= 15 is 0 Å². The van der Waals surface area contributed by atoms with Gasteiger partial charge in [0, 0.05) is 31.6 Å². The smallest absolute Gasteiger partial charge is 0.220 e. The lowest BCUT2D eigenvalue weighted by Crippen LogP contribution is -2.23. The van der Waals surface area contributed by atoms with Crippen LogP contribution >= 0.6 is 11.3 Å². The highest BCUT2D eigenvalue weighted by molar-refractivity contribution is 7.07. The van der Waals surface area contributed by atoms with Crippen LogP contribution < -0.4 is 5.32 Å². The van der Waals surface area contributed by atoms with E-state index in [1.165, 1.54) is 5.56 Å². The Hall–Kier alpha value is -2.47.